The van der Waals surface area contributed by atoms with E-state index in [-0.39, 0.29) is 18.2 Å². The van der Waals surface area contributed by atoms with Crippen molar-refractivity contribution in [3.05, 3.63) is 65.7 Å². The minimum Gasteiger partial charge on any atom is -0.462 e. The van der Waals surface area contributed by atoms with Crippen LogP contribution in [-0.4, -0.2) is 37.0 Å². The molecule has 1 aliphatic heterocycles. The van der Waals surface area contributed by atoms with Gasteiger partial charge in [-0.25, -0.2) is 9.69 Å². The first-order chi connectivity index (χ1) is 13.1. The lowest BCUT2D eigenvalue weighted by molar-refractivity contribution is -0.121. The number of esters is 1. The Bertz CT molecular complexity index is 818. The molecular formula is C21H22N2O4. The van der Waals surface area contributed by atoms with Crippen LogP contribution in [0.15, 0.2) is 54.6 Å². The van der Waals surface area contributed by atoms with Gasteiger partial charge >= 0.3 is 5.97 Å². The van der Waals surface area contributed by atoms with E-state index in [0.29, 0.717) is 24.4 Å². The molecule has 27 heavy (non-hydrogen) atoms. The largest absolute Gasteiger partial charge is 0.462 e. The Kier molecular flexibility index (Phi) is 5.98. The normalized spacial score (nSPS) is 16.6. The molecule has 0 saturated carbocycles. The molecule has 0 aromatic heterocycles. The molecule has 1 atom stereocenters. The van der Waals surface area contributed by atoms with Crippen LogP contribution in [0.25, 0.3) is 0 Å². The fraction of sp³-hybridized carbons (Fsp3) is 0.286. The average Bonchev–Trinajstić information content (AvgIpc) is 2.96. The summed E-state index contributed by atoms with van der Waals surface area (Å²) in [7, 11) is 0. The van der Waals surface area contributed by atoms with E-state index in [9.17, 15) is 14.4 Å². The van der Waals surface area contributed by atoms with Crippen molar-refractivity contribution in [1.82, 2.24) is 5.32 Å². The van der Waals surface area contributed by atoms with Gasteiger partial charge < -0.3 is 10.1 Å². The zero-order valence-corrected chi connectivity index (χ0v) is 15.2. The molecule has 1 aliphatic rings. The number of carbonyl (C=O) groups is 3. The van der Waals surface area contributed by atoms with E-state index in [4.69, 9.17) is 4.74 Å². The van der Waals surface area contributed by atoms with Crippen molar-refractivity contribution in [2.45, 2.75) is 25.8 Å². The van der Waals surface area contributed by atoms with Crippen molar-refractivity contribution in [1.29, 1.82) is 0 Å². The fourth-order valence-electron chi connectivity index (χ4n) is 3.06. The van der Waals surface area contributed by atoms with Crippen molar-refractivity contribution < 1.29 is 19.1 Å². The Morgan fingerprint density at radius 3 is 2.48 bits per heavy atom. The molecule has 2 aromatic rings. The van der Waals surface area contributed by atoms with Crippen LogP contribution in [0, 0.1) is 0 Å². The minimum absolute atomic E-state index is 0.132. The summed E-state index contributed by atoms with van der Waals surface area (Å²) in [4.78, 5) is 37.8. The molecule has 6 nitrogen and oxygen atoms in total. The predicted molar refractivity (Wildman–Crippen MR) is 101 cm³/mol. The Balaban J connectivity index is 1.61. The number of ether oxygens (including phenoxy) is 1. The van der Waals surface area contributed by atoms with E-state index in [1.807, 2.05) is 30.3 Å². The van der Waals surface area contributed by atoms with Crippen molar-refractivity contribution >= 4 is 23.5 Å². The van der Waals surface area contributed by atoms with Gasteiger partial charge in [-0.15, -0.1) is 0 Å². The average molecular weight is 366 g/mol. The third kappa shape index (κ3) is 4.41. The molecule has 2 aromatic carbocycles. The second-order valence-corrected chi connectivity index (χ2v) is 6.28. The SMILES string of the molecule is CCOC(=O)c1ccc(N2C(=O)C[C@@H](NCCc3ccccc3)C2=O)cc1. The smallest absolute Gasteiger partial charge is 0.338 e. The van der Waals surface area contributed by atoms with Gasteiger partial charge in [-0.3, -0.25) is 9.59 Å². The topological polar surface area (TPSA) is 75.7 Å². The number of imide groups is 1. The predicted octanol–water partition coefficient (Wildman–Crippen LogP) is 2.33. The molecule has 140 valence electrons. The Hall–Kier alpha value is -2.99. The molecule has 0 aliphatic carbocycles. The number of hydrogen-bond donors (Lipinski definition) is 1. The first-order valence-electron chi connectivity index (χ1n) is 9.01. The lowest BCUT2D eigenvalue weighted by Crippen LogP contribution is -2.39. The van der Waals surface area contributed by atoms with Gasteiger partial charge in [0.05, 0.1) is 30.3 Å². The van der Waals surface area contributed by atoms with Crippen LogP contribution >= 0.6 is 0 Å². The van der Waals surface area contributed by atoms with Crippen LogP contribution in [0.1, 0.15) is 29.3 Å². The molecular weight excluding hydrogens is 344 g/mol. The number of anilines is 1. The van der Waals surface area contributed by atoms with Gasteiger partial charge in [-0.1, -0.05) is 30.3 Å². The van der Waals surface area contributed by atoms with Crippen molar-refractivity contribution in [2.24, 2.45) is 0 Å². The molecule has 2 amide bonds. The molecule has 1 fully saturated rings. The van der Waals surface area contributed by atoms with Crippen molar-refractivity contribution in [2.75, 3.05) is 18.1 Å². The first-order valence-corrected chi connectivity index (χ1v) is 9.01. The summed E-state index contributed by atoms with van der Waals surface area (Å²) in [6.45, 7) is 2.64. The summed E-state index contributed by atoms with van der Waals surface area (Å²) in [5.74, 6) is -0.943. The lowest BCUT2D eigenvalue weighted by Gasteiger charge is -2.16. The molecule has 1 heterocycles. The van der Waals surface area contributed by atoms with Crippen LogP contribution in [0.3, 0.4) is 0 Å². The highest BCUT2D eigenvalue weighted by Crippen LogP contribution is 2.23. The number of carbonyl (C=O) groups excluding carboxylic acids is 3. The highest BCUT2D eigenvalue weighted by atomic mass is 16.5. The van der Waals surface area contributed by atoms with E-state index in [1.165, 1.54) is 10.5 Å². The number of hydrogen-bond acceptors (Lipinski definition) is 5. The van der Waals surface area contributed by atoms with E-state index in [0.717, 1.165) is 6.42 Å². The van der Waals surface area contributed by atoms with E-state index >= 15 is 0 Å². The first kappa shape index (κ1) is 18.8. The van der Waals surface area contributed by atoms with Gasteiger partial charge in [0.25, 0.3) is 5.91 Å². The maximum atomic E-state index is 12.6. The summed E-state index contributed by atoms with van der Waals surface area (Å²) in [5.41, 5.74) is 2.02. The van der Waals surface area contributed by atoms with Gasteiger partial charge in [-0.05, 0) is 49.7 Å². The third-order valence-corrected chi connectivity index (χ3v) is 4.43. The van der Waals surface area contributed by atoms with E-state index < -0.39 is 12.0 Å². The van der Waals surface area contributed by atoms with Crippen molar-refractivity contribution in [3.8, 4) is 0 Å². The number of benzene rings is 2. The maximum absolute atomic E-state index is 12.6. The number of nitrogens with zero attached hydrogens (tertiary/aromatic N) is 1. The zero-order chi connectivity index (χ0) is 19.2. The molecule has 1 saturated heterocycles. The van der Waals surface area contributed by atoms with Gasteiger partial charge in [0, 0.05) is 0 Å². The quantitative estimate of drug-likeness (QED) is 0.601. The number of nitrogens with one attached hydrogen (secondary N) is 1. The standard InChI is InChI=1S/C21H22N2O4/c1-2-27-21(26)16-8-10-17(11-9-16)23-19(24)14-18(20(23)25)22-13-12-15-6-4-3-5-7-15/h3-11,18,22H,2,12-14H2,1H3/t18-/m1/s1. The third-order valence-electron chi connectivity index (χ3n) is 4.43. The summed E-state index contributed by atoms with van der Waals surface area (Å²) < 4.78 is 4.94. The van der Waals surface area contributed by atoms with E-state index in [2.05, 4.69) is 5.32 Å². The second-order valence-electron chi connectivity index (χ2n) is 6.28. The van der Waals surface area contributed by atoms with Gasteiger partial charge in [0.1, 0.15) is 0 Å². The zero-order valence-electron chi connectivity index (χ0n) is 15.2. The van der Waals surface area contributed by atoms with E-state index in [1.54, 1.807) is 31.2 Å². The van der Waals surface area contributed by atoms with Crippen LogP contribution in [0.2, 0.25) is 0 Å². The Labute approximate surface area is 158 Å². The Morgan fingerprint density at radius 2 is 1.81 bits per heavy atom. The lowest BCUT2D eigenvalue weighted by atomic mass is 10.1. The highest BCUT2D eigenvalue weighted by molar-refractivity contribution is 6.22. The highest BCUT2D eigenvalue weighted by Gasteiger charge is 2.39. The molecule has 0 spiro atoms. The molecule has 3 rings (SSSR count). The number of amides is 2. The minimum atomic E-state index is -0.522. The molecule has 0 radical (unpaired) electrons. The fourth-order valence-corrected chi connectivity index (χ4v) is 3.06. The molecule has 0 unspecified atom stereocenters. The van der Waals surface area contributed by atoms with Gasteiger partial charge in [0.2, 0.25) is 5.91 Å². The molecule has 0 bridgehead atoms. The molecule has 6 heteroatoms. The maximum Gasteiger partial charge on any atom is 0.338 e. The summed E-state index contributed by atoms with van der Waals surface area (Å²) in [5, 5.41) is 3.17. The monoisotopic (exact) mass is 366 g/mol. The second kappa shape index (κ2) is 8.60. The Morgan fingerprint density at radius 1 is 1.11 bits per heavy atom. The number of rotatable bonds is 7. The van der Waals surface area contributed by atoms with Crippen LogP contribution < -0.4 is 10.2 Å². The van der Waals surface area contributed by atoms with Gasteiger partial charge in [-0.2, -0.15) is 0 Å². The summed E-state index contributed by atoms with van der Waals surface area (Å²) in [6, 6.07) is 15.7. The van der Waals surface area contributed by atoms with Crippen LogP contribution in [-0.2, 0) is 20.7 Å². The van der Waals surface area contributed by atoms with Gasteiger partial charge in [0.15, 0.2) is 0 Å². The van der Waals surface area contributed by atoms with Crippen LogP contribution in [0.5, 0.6) is 0 Å². The summed E-state index contributed by atoms with van der Waals surface area (Å²) in [6.07, 6.45) is 0.917. The van der Waals surface area contributed by atoms with Crippen LogP contribution in [0.4, 0.5) is 5.69 Å². The summed E-state index contributed by atoms with van der Waals surface area (Å²) >= 11 is 0. The van der Waals surface area contributed by atoms with Crippen molar-refractivity contribution in [3.63, 3.8) is 0 Å². The molecule has 1 N–H and O–H groups in total.